The largest absolute Gasteiger partial charge is 0.468 e. The minimum atomic E-state index is -0.137. The molecule has 0 radical (unpaired) electrons. The van der Waals surface area contributed by atoms with Gasteiger partial charge in [0.2, 0.25) is 0 Å². The summed E-state index contributed by atoms with van der Waals surface area (Å²) in [5.74, 6) is 0. The second kappa shape index (κ2) is 31.8. The third-order valence-electron chi connectivity index (χ3n) is 29.1. The topological polar surface area (TPSA) is 77.1 Å². The van der Waals surface area contributed by atoms with Crippen molar-refractivity contribution in [2.45, 2.75) is 0 Å². The fraction of sp³-hybridized carbons (Fsp3) is 0. The second-order valence-corrected chi connectivity index (χ2v) is 37.7. The summed E-state index contributed by atoms with van der Waals surface area (Å²) >= 11 is 1.85. The molecule has 0 amide bonds. The molecule has 0 N–H and O–H groups in total. The average Bonchev–Trinajstić information content (AvgIpc) is 1.54. The van der Waals surface area contributed by atoms with E-state index in [1.807, 2.05) is 29.5 Å². The molecule has 3 aliphatic heterocycles. The van der Waals surface area contributed by atoms with Crippen LogP contribution in [0.15, 0.2) is 497 Å². The van der Waals surface area contributed by atoms with Crippen molar-refractivity contribution in [1.82, 2.24) is 13.7 Å². The number of hydrogen-bond acceptors (Lipinski definition) is 8. The molecular weight excluding hydrogens is 1730 g/mol. The van der Waals surface area contributed by atoms with Gasteiger partial charge in [0, 0.05) is 115 Å². The molecule has 31 rings (SSSR count). The first-order chi connectivity index (χ1) is 69.5. The Balaban J connectivity index is 0.000000101. The minimum Gasteiger partial charge on any atom is -0.468 e. The highest BCUT2D eigenvalue weighted by Crippen LogP contribution is 2.53. The van der Waals surface area contributed by atoms with Crippen LogP contribution in [0.4, 0.5) is 51.2 Å². The van der Waals surface area contributed by atoms with E-state index in [-0.39, 0.29) is 20.1 Å². The van der Waals surface area contributed by atoms with Crippen LogP contribution in [0.2, 0.25) is 0 Å². The molecule has 652 valence electrons. The van der Waals surface area contributed by atoms with Crippen molar-refractivity contribution in [2.75, 3.05) is 14.7 Å². The molecule has 0 unspecified atom stereocenters. The lowest BCUT2D eigenvalue weighted by Gasteiger charge is -2.34. The van der Waals surface area contributed by atoms with Crippen molar-refractivity contribution >= 4 is 273 Å². The standard InChI is InChI=1S/C46H29BN2O.C40H25BN2O2.C40H25BN2OS/c1-3-15-30(16-4-1)47-45-43(38-23-11-13-25-41(38)48(45)31-17-5-2-6-18-31)49(44-39-24-12-14-26-42(39)50-46(44)47)32-27-28-37-35-21-8-7-19-33(35)34-20-9-10-22-36(34)40(37)29-32;1-3-13-26(14-4-1)41-39-37(31-18-7-10-20-33(31)42(39)27-15-5-2-6-16-27)43(38-32-19-9-12-22-35(32)45-40(38)41)28-23-24-30-29-17-8-11-21-34(29)44-36(30)25-28;1-3-13-26(14-4-1)41-39-37(30-18-7-10-20-33(30)42(39)27-15-5-2-6-16-27)43(38-31-19-8-11-21-34(31)44-40(38)41)28-23-24-36-32(25-28)29-17-9-12-22-35(29)45-36/h1-29H;2*1-25H. The zero-order valence-electron chi connectivity index (χ0n) is 75.6. The van der Waals surface area contributed by atoms with Gasteiger partial charge in [-0.2, -0.15) is 0 Å². The lowest BCUT2D eigenvalue weighted by molar-refractivity contribution is 0.650. The number of aromatic nitrogens is 3. The van der Waals surface area contributed by atoms with E-state index in [2.05, 4.69) is 489 Å². The summed E-state index contributed by atoms with van der Waals surface area (Å²) in [6.07, 6.45) is 0. The first-order valence-corrected chi connectivity index (χ1v) is 48.7. The van der Waals surface area contributed by atoms with Crippen LogP contribution in [0.25, 0.3) is 157 Å². The van der Waals surface area contributed by atoms with Gasteiger partial charge in [0.05, 0.1) is 56.4 Å². The van der Waals surface area contributed by atoms with Crippen LogP contribution in [0, 0.1) is 0 Å². The van der Waals surface area contributed by atoms with Gasteiger partial charge in [-0.05, 0) is 178 Å². The molecule has 10 nitrogen and oxygen atoms in total. The van der Waals surface area contributed by atoms with E-state index in [0.29, 0.717) is 0 Å². The number of hydrogen-bond donors (Lipinski definition) is 0. The Morgan fingerprint density at radius 3 is 0.821 bits per heavy atom. The Morgan fingerprint density at radius 2 is 0.429 bits per heavy atom. The maximum atomic E-state index is 7.01. The Hall–Kier alpha value is -18.0. The minimum absolute atomic E-state index is 0.113. The van der Waals surface area contributed by atoms with E-state index >= 15 is 0 Å². The summed E-state index contributed by atoms with van der Waals surface area (Å²) in [6, 6.07) is 171. The summed E-state index contributed by atoms with van der Waals surface area (Å²) in [6.45, 7) is -0.386. The third kappa shape index (κ3) is 12.1. The Kier molecular flexibility index (Phi) is 18.1. The fourth-order valence-corrected chi connectivity index (χ4v) is 24.4. The maximum absolute atomic E-state index is 7.01. The molecule has 0 fully saturated rings. The molecule has 14 heteroatoms. The van der Waals surface area contributed by atoms with Crippen LogP contribution < -0.4 is 64.8 Å². The molecule has 140 heavy (non-hydrogen) atoms. The predicted molar refractivity (Wildman–Crippen MR) is 589 cm³/mol. The van der Waals surface area contributed by atoms with Crippen LogP contribution in [-0.2, 0) is 0 Å². The van der Waals surface area contributed by atoms with Crippen molar-refractivity contribution in [2.24, 2.45) is 0 Å². The van der Waals surface area contributed by atoms with Gasteiger partial charge in [-0.15, -0.1) is 11.3 Å². The molecule has 28 aromatic rings. The van der Waals surface area contributed by atoms with E-state index in [1.54, 1.807) is 0 Å². The van der Waals surface area contributed by atoms with Gasteiger partial charge in [0.25, 0.3) is 0 Å². The average molecular weight is 1810 g/mol. The van der Waals surface area contributed by atoms with Gasteiger partial charge in [-0.25, -0.2) is 0 Å². The number of nitrogens with zero attached hydrogens (tertiary/aromatic N) is 6. The van der Waals surface area contributed by atoms with Crippen molar-refractivity contribution < 1.29 is 17.7 Å². The van der Waals surface area contributed by atoms with Crippen molar-refractivity contribution in [1.29, 1.82) is 0 Å². The molecule has 0 saturated heterocycles. The number of thiophene rings is 1. The van der Waals surface area contributed by atoms with Crippen LogP contribution in [0.1, 0.15) is 0 Å². The summed E-state index contributed by atoms with van der Waals surface area (Å²) in [5, 5.41) is 19.3. The molecular formula is C126H79B3N6O4S. The van der Waals surface area contributed by atoms with E-state index in [4.69, 9.17) is 17.7 Å². The van der Waals surface area contributed by atoms with E-state index in [0.717, 1.165) is 134 Å². The van der Waals surface area contributed by atoms with Crippen LogP contribution in [0.3, 0.4) is 0 Å². The number of furan rings is 4. The molecule has 11 heterocycles. The monoisotopic (exact) mass is 1800 g/mol. The zero-order chi connectivity index (χ0) is 91.7. The number of rotatable bonds is 9. The van der Waals surface area contributed by atoms with Gasteiger partial charge in [-0.3, -0.25) is 0 Å². The predicted octanol–water partition coefficient (Wildman–Crippen LogP) is 27.8. The zero-order valence-corrected chi connectivity index (χ0v) is 76.4. The quantitative estimate of drug-likeness (QED) is 0.105. The third-order valence-corrected chi connectivity index (χ3v) is 30.2. The highest BCUT2D eigenvalue weighted by Gasteiger charge is 2.49. The number of para-hydroxylation sites is 10. The highest BCUT2D eigenvalue weighted by molar-refractivity contribution is 7.25. The van der Waals surface area contributed by atoms with Crippen molar-refractivity contribution in [3.63, 3.8) is 0 Å². The fourth-order valence-electron chi connectivity index (χ4n) is 23.3. The van der Waals surface area contributed by atoms with Crippen LogP contribution in [0.5, 0.6) is 0 Å². The van der Waals surface area contributed by atoms with Crippen LogP contribution in [-0.4, -0.2) is 33.8 Å². The van der Waals surface area contributed by atoms with Gasteiger partial charge in [-0.1, -0.05) is 344 Å². The van der Waals surface area contributed by atoms with Crippen LogP contribution >= 0.6 is 11.3 Å². The number of fused-ring (bicyclic) bond motifs is 30. The summed E-state index contributed by atoms with van der Waals surface area (Å²) in [7, 11) is 0. The summed E-state index contributed by atoms with van der Waals surface area (Å²) < 4.78 is 37.2. The number of benzene rings is 20. The second-order valence-electron chi connectivity index (χ2n) is 36.6. The summed E-state index contributed by atoms with van der Waals surface area (Å²) in [5.41, 5.74) is 31.4. The normalized spacial score (nSPS) is 12.8. The molecule has 0 aliphatic carbocycles. The molecule has 3 aliphatic rings. The van der Waals surface area contributed by atoms with E-state index in [1.165, 1.54) is 124 Å². The van der Waals surface area contributed by atoms with Gasteiger partial charge >= 0.3 is 20.1 Å². The molecule has 0 atom stereocenters. The van der Waals surface area contributed by atoms with Gasteiger partial charge in [0.1, 0.15) is 44.9 Å². The molecule has 20 aromatic carbocycles. The first-order valence-electron chi connectivity index (χ1n) is 47.9. The lowest BCUT2D eigenvalue weighted by atomic mass is 9.39. The van der Waals surface area contributed by atoms with Gasteiger partial charge in [0.15, 0.2) is 0 Å². The Bertz CT molecular complexity index is 9810. The molecule has 0 bridgehead atoms. The maximum Gasteiger partial charge on any atom is 0.313 e. The number of anilines is 9. The molecule has 0 saturated carbocycles. The SMILES string of the molecule is c1ccc(B2c3oc4ccccc4c3N(c3ccc4c(c3)oc3ccccc34)c3c2n(-c2ccccc2)c2ccccc32)cc1.c1ccc(B2c3oc4ccccc4c3N(c3ccc4c5ccccc5c5ccccc5c4c3)c3c2n(-c2ccccc2)c2ccccc32)cc1.c1ccc(B2c3oc4ccccc4c3N(c3ccc4sc5ccccc5c4c3)c3c2n(-c2ccccc2)c2ccccc32)cc1. The molecule has 0 spiro atoms. The summed E-state index contributed by atoms with van der Waals surface area (Å²) in [4.78, 5) is 7.37. The first kappa shape index (κ1) is 79.4. The van der Waals surface area contributed by atoms with Crippen molar-refractivity contribution in [3.05, 3.63) is 479 Å². The van der Waals surface area contributed by atoms with E-state index < -0.39 is 0 Å². The lowest BCUT2D eigenvalue weighted by Crippen LogP contribution is -2.58. The smallest absolute Gasteiger partial charge is 0.313 e. The van der Waals surface area contributed by atoms with Gasteiger partial charge < -0.3 is 46.1 Å². The Morgan fingerprint density at radius 1 is 0.164 bits per heavy atom. The van der Waals surface area contributed by atoms with E-state index in [9.17, 15) is 0 Å². The highest BCUT2D eigenvalue weighted by atomic mass is 32.1. The Labute approximate surface area is 809 Å². The molecule has 8 aromatic heterocycles. The van der Waals surface area contributed by atoms with Crippen molar-refractivity contribution in [3.8, 4) is 17.1 Å².